The largest absolute Gasteiger partial charge is 0.490 e. The number of rotatable bonds is 4. The molecule has 24 heavy (non-hydrogen) atoms. The van der Waals surface area contributed by atoms with Crippen molar-refractivity contribution in [3.05, 3.63) is 47.8 Å². The van der Waals surface area contributed by atoms with Gasteiger partial charge in [-0.05, 0) is 31.0 Å². The summed E-state index contributed by atoms with van der Waals surface area (Å²) in [6.45, 7) is 2.56. The van der Waals surface area contributed by atoms with Crippen molar-refractivity contribution in [3.63, 3.8) is 0 Å². The van der Waals surface area contributed by atoms with Crippen molar-refractivity contribution >= 4 is 0 Å². The molecule has 2 aromatic rings. The maximum absolute atomic E-state index is 12.7. The number of benzene rings is 1. The smallest absolute Gasteiger partial charge is 0.416 e. The van der Waals surface area contributed by atoms with Crippen molar-refractivity contribution in [1.82, 2.24) is 14.7 Å². The average molecular weight is 339 g/mol. The molecule has 130 valence electrons. The third-order valence-electron chi connectivity index (χ3n) is 4.16. The van der Waals surface area contributed by atoms with Crippen molar-refractivity contribution < 1.29 is 17.9 Å². The van der Waals surface area contributed by atoms with Crippen LogP contribution in [0.25, 0.3) is 0 Å². The van der Waals surface area contributed by atoms with Crippen LogP contribution in [0.2, 0.25) is 0 Å². The molecule has 1 aliphatic heterocycles. The summed E-state index contributed by atoms with van der Waals surface area (Å²) < 4.78 is 45.7. The first-order valence-corrected chi connectivity index (χ1v) is 7.94. The van der Waals surface area contributed by atoms with Crippen molar-refractivity contribution in [2.75, 3.05) is 13.1 Å². The summed E-state index contributed by atoms with van der Waals surface area (Å²) in [5, 5.41) is 4.15. The zero-order chi connectivity index (χ0) is 17.2. The molecule has 0 spiro atoms. The monoisotopic (exact) mass is 339 g/mol. The fourth-order valence-electron chi connectivity index (χ4n) is 2.94. The molecule has 0 radical (unpaired) electrons. The molecule has 0 atom stereocenters. The van der Waals surface area contributed by atoms with E-state index < -0.39 is 11.7 Å². The van der Waals surface area contributed by atoms with Gasteiger partial charge < -0.3 is 4.74 Å². The van der Waals surface area contributed by atoms with Gasteiger partial charge in [-0.3, -0.25) is 9.58 Å². The maximum atomic E-state index is 12.7. The van der Waals surface area contributed by atoms with Gasteiger partial charge in [0.25, 0.3) is 0 Å². The first-order chi connectivity index (χ1) is 11.4. The minimum Gasteiger partial charge on any atom is -0.490 e. The van der Waals surface area contributed by atoms with Gasteiger partial charge in [0.15, 0.2) is 0 Å². The molecule has 0 aliphatic carbocycles. The van der Waals surface area contributed by atoms with E-state index in [-0.39, 0.29) is 11.9 Å². The van der Waals surface area contributed by atoms with E-state index in [4.69, 9.17) is 4.74 Å². The number of alkyl halides is 3. The Hall–Kier alpha value is -2.02. The van der Waals surface area contributed by atoms with E-state index in [0.717, 1.165) is 50.2 Å². The number of likely N-dealkylation sites (tertiary alicyclic amines) is 1. The zero-order valence-electron chi connectivity index (χ0n) is 13.5. The molecule has 1 fully saturated rings. The molecule has 1 aromatic carbocycles. The van der Waals surface area contributed by atoms with Gasteiger partial charge in [-0.2, -0.15) is 18.3 Å². The lowest BCUT2D eigenvalue weighted by atomic mass is 10.1. The number of aryl methyl sites for hydroxylation is 1. The first kappa shape index (κ1) is 16.8. The Balaban J connectivity index is 1.52. The summed E-state index contributed by atoms with van der Waals surface area (Å²) in [5.74, 6) is 0.288. The van der Waals surface area contributed by atoms with Gasteiger partial charge in [-0.15, -0.1) is 0 Å². The molecule has 0 N–H and O–H groups in total. The summed E-state index contributed by atoms with van der Waals surface area (Å²) in [6.07, 6.45) is 1.06. The van der Waals surface area contributed by atoms with Crippen LogP contribution in [-0.2, 0) is 19.8 Å². The van der Waals surface area contributed by atoms with Crippen LogP contribution >= 0.6 is 0 Å². The van der Waals surface area contributed by atoms with Gasteiger partial charge in [-0.25, -0.2) is 0 Å². The molecule has 7 heteroatoms. The molecular weight excluding hydrogens is 319 g/mol. The Morgan fingerprint density at radius 1 is 1.25 bits per heavy atom. The van der Waals surface area contributed by atoms with E-state index in [2.05, 4.69) is 10.00 Å². The second-order valence-corrected chi connectivity index (χ2v) is 6.14. The van der Waals surface area contributed by atoms with E-state index in [9.17, 15) is 13.2 Å². The topological polar surface area (TPSA) is 30.3 Å². The number of nitrogens with zero attached hydrogens (tertiary/aromatic N) is 3. The number of piperidine rings is 1. The van der Waals surface area contributed by atoms with Gasteiger partial charge in [-0.1, -0.05) is 6.07 Å². The molecule has 0 unspecified atom stereocenters. The van der Waals surface area contributed by atoms with E-state index in [1.807, 2.05) is 19.4 Å². The van der Waals surface area contributed by atoms with Gasteiger partial charge in [0.05, 0.1) is 11.8 Å². The van der Waals surface area contributed by atoms with E-state index in [1.165, 1.54) is 6.07 Å². The molecule has 0 saturated carbocycles. The van der Waals surface area contributed by atoms with Gasteiger partial charge >= 0.3 is 6.18 Å². The van der Waals surface area contributed by atoms with Crippen molar-refractivity contribution in [2.24, 2.45) is 7.05 Å². The van der Waals surface area contributed by atoms with Crippen molar-refractivity contribution in [3.8, 4) is 5.75 Å². The molecule has 4 nitrogen and oxygen atoms in total. The van der Waals surface area contributed by atoms with Crippen molar-refractivity contribution in [1.29, 1.82) is 0 Å². The third kappa shape index (κ3) is 4.29. The number of hydrogen-bond donors (Lipinski definition) is 0. The van der Waals surface area contributed by atoms with Crippen LogP contribution in [0.5, 0.6) is 5.75 Å². The Morgan fingerprint density at radius 2 is 2.00 bits per heavy atom. The number of hydrogen-bond acceptors (Lipinski definition) is 3. The van der Waals surface area contributed by atoms with E-state index in [0.29, 0.717) is 0 Å². The molecule has 1 aliphatic rings. The quantitative estimate of drug-likeness (QED) is 0.854. The van der Waals surface area contributed by atoms with Gasteiger partial charge in [0, 0.05) is 38.4 Å². The van der Waals surface area contributed by atoms with Crippen LogP contribution in [0.4, 0.5) is 13.2 Å². The average Bonchev–Trinajstić information content (AvgIpc) is 2.94. The number of aromatic nitrogens is 2. The van der Waals surface area contributed by atoms with Crippen molar-refractivity contribution in [2.45, 2.75) is 31.7 Å². The Morgan fingerprint density at radius 3 is 2.62 bits per heavy atom. The number of ether oxygens (including phenoxy) is 1. The van der Waals surface area contributed by atoms with Gasteiger partial charge in [0.1, 0.15) is 11.9 Å². The molecule has 0 amide bonds. The lowest BCUT2D eigenvalue weighted by molar-refractivity contribution is -0.137. The highest BCUT2D eigenvalue weighted by Crippen LogP contribution is 2.32. The van der Waals surface area contributed by atoms with Crippen LogP contribution < -0.4 is 4.74 Å². The summed E-state index contributed by atoms with van der Waals surface area (Å²) in [4.78, 5) is 2.31. The number of halogens is 3. The van der Waals surface area contributed by atoms with Crippen LogP contribution in [0.1, 0.15) is 24.0 Å². The SMILES string of the molecule is Cn1cc(CN2CCC(Oc3cccc(C(F)(F)F)c3)CC2)cn1. The van der Waals surface area contributed by atoms with Crippen LogP contribution in [0.3, 0.4) is 0 Å². The van der Waals surface area contributed by atoms with E-state index in [1.54, 1.807) is 10.7 Å². The highest BCUT2D eigenvalue weighted by molar-refractivity contribution is 5.30. The molecule has 2 heterocycles. The second-order valence-electron chi connectivity index (χ2n) is 6.14. The Labute approximate surface area is 138 Å². The second kappa shape index (κ2) is 6.84. The lowest BCUT2D eigenvalue weighted by Crippen LogP contribution is -2.37. The molecule has 3 rings (SSSR count). The molecule has 0 bridgehead atoms. The lowest BCUT2D eigenvalue weighted by Gasteiger charge is -2.32. The fourth-order valence-corrected chi connectivity index (χ4v) is 2.94. The predicted octanol–water partition coefficient (Wildman–Crippen LogP) is 3.48. The zero-order valence-corrected chi connectivity index (χ0v) is 13.5. The van der Waals surface area contributed by atoms with Crippen LogP contribution in [0, 0.1) is 0 Å². The predicted molar refractivity (Wildman–Crippen MR) is 83.6 cm³/mol. The van der Waals surface area contributed by atoms with Crippen LogP contribution in [0.15, 0.2) is 36.7 Å². The summed E-state index contributed by atoms with van der Waals surface area (Å²) in [6, 6.07) is 5.10. The molecule has 1 saturated heterocycles. The Kier molecular flexibility index (Phi) is 4.80. The van der Waals surface area contributed by atoms with Crippen LogP contribution in [-0.4, -0.2) is 33.9 Å². The minimum atomic E-state index is -4.34. The highest BCUT2D eigenvalue weighted by Gasteiger charge is 2.31. The van der Waals surface area contributed by atoms with E-state index >= 15 is 0 Å². The molecular formula is C17H20F3N3O. The minimum absolute atomic E-state index is 0.0429. The third-order valence-corrected chi connectivity index (χ3v) is 4.16. The summed E-state index contributed by atoms with van der Waals surface area (Å²) >= 11 is 0. The maximum Gasteiger partial charge on any atom is 0.416 e. The summed E-state index contributed by atoms with van der Waals surface area (Å²) in [5.41, 5.74) is 0.490. The first-order valence-electron chi connectivity index (χ1n) is 7.94. The normalized spacial score (nSPS) is 17.2. The Bertz CT molecular complexity index is 676. The van der Waals surface area contributed by atoms with Gasteiger partial charge in [0.2, 0.25) is 0 Å². The fraction of sp³-hybridized carbons (Fsp3) is 0.471. The highest BCUT2D eigenvalue weighted by atomic mass is 19.4. The molecule has 1 aromatic heterocycles. The standard InChI is InChI=1S/C17H20F3N3O/c1-22-11-13(10-21-22)12-23-7-5-15(6-8-23)24-16-4-2-3-14(9-16)17(18,19)20/h2-4,9-11,15H,5-8,12H2,1H3. The summed E-state index contributed by atoms with van der Waals surface area (Å²) in [7, 11) is 1.89.